The number of carbonyl (C=O) groups excluding carboxylic acids is 1. The highest BCUT2D eigenvalue weighted by atomic mass is 16.2. The van der Waals surface area contributed by atoms with Gasteiger partial charge in [0, 0.05) is 43.3 Å². The Morgan fingerprint density at radius 2 is 1.91 bits per heavy atom. The van der Waals surface area contributed by atoms with Crippen LogP contribution in [0.25, 0.3) is 11.1 Å². The molecular formula is C25H30N6O. The average Bonchev–Trinajstić information content (AvgIpc) is 3.22. The lowest BCUT2D eigenvalue weighted by atomic mass is 9.81. The van der Waals surface area contributed by atoms with Crippen LogP contribution in [0.5, 0.6) is 0 Å². The van der Waals surface area contributed by atoms with Gasteiger partial charge in [-0.25, -0.2) is 0 Å². The largest absolute Gasteiger partial charge is 0.369 e. The van der Waals surface area contributed by atoms with Gasteiger partial charge in [0.25, 0.3) is 0 Å². The van der Waals surface area contributed by atoms with Crippen molar-refractivity contribution in [2.24, 2.45) is 11.3 Å². The Morgan fingerprint density at radius 3 is 2.62 bits per heavy atom. The number of hydrogen-bond acceptors (Lipinski definition) is 5. The average molecular weight is 431 g/mol. The van der Waals surface area contributed by atoms with Crippen molar-refractivity contribution in [2.75, 3.05) is 36.4 Å². The number of pyridine rings is 1. The number of hydrogen-bond donors (Lipinski definition) is 2. The molecule has 0 aliphatic carbocycles. The molecule has 2 saturated heterocycles. The molecule has 32 heavy (non-hydrogen) atoms. The van der Waals surface area contributed by atoms with Crippen molar-refractivity contribution in [3.8, 4) is 11.1 Å². The predicted octanol–water partition coefficient (Wildman–Crippen LogP) is 3.41. The van der Waals surface area contributed by atoms with E-state index in [9.17, 15) is 4.79 Å². The molecule has 4 heterocycles. The molecule has 7 nitrogen and oxygen atoms in total. The van der Waals surface area contributed by atoms with Gasteiger partial charge in [0.1, 0.15) is 0 Å². The molecule has 2 aliphatic rings. The van der Waals surface area contributed by atoms with E-state index < -0.39 is 0 Å². The molecule has 2 aliphatic heterocycles. The quantitative estimate of drug-likeness (QED) is 0.627. The van der Waals surface area contributed by atoms with E-state index in [1.165, 1.54) is 12.8 Å². The molecule has 2 fully saturated rings. The molecule has 0 atom stereocenters. The predicted molar refractivity (Wildman–Crippen MR) is 126 cm³/mol. The highest BCUT2D eigenvalue weighted by Crippen LogP contribution is 2.31. The summed E-state index contributed by atoms with van der Waals surface area (Å²) in [4.78, 5) is 18.9. The van der Waals surface area contributed by atoms with Crippen LogP contribution in [-0.2, 0) is 11.3 Å². The standard InChI is InChI=1S/C25H30N6O/c1-25(8-11-26-12-9-25)18-31-17-20(13-28-31)19-4-6-22(7-5-19)29-24(32)21-15-30(16-21)23-3-2-10-27-14-23/h2-7,10,13-14,17,21,26H,8-9,11-12,15-16,18H2,1H3,(H,29,32). The normalized spacial score (nSPS) is 18.2. The third kappa shape index (κ3) is 4.53. The number of piperidine rings is 1. The lowest BCUT2D eigenvalue weighted by Gasteiger charge is -2.39. The first-order chi connectivity index (χ1) is 15.6. The van der Waals surface area contributed by atoms with Crippen LogP contribution in [0.3, 0.4) is 0 Å². The monoisotopic (exact) mass is 430 g/mol. The minimum absolute atomic E-state index is 0.00414. The fraction of sp³-hybridized carbons (Fsp3) is 0.400. The van der Waals surface area contributed by atoms with Gasteiger partial charge in [-0.15, -0.1) is 0 Å². The molecule has 3 aromatic rings. The van der Waals surface area contributed by atoms with Crippen molar-refractivity contribution < 1.29 is 4.79 Å². The van der Waals surface area contributed by atoms with Crippen LogP contribution in [0.4, 0.5) is 11.4 Å². The van der Waals surface area contributed by atoms with Gasteiger partial charge in [-0.1, -0.05) is 19.1 Å². The molecule has 2 aromatic heterocycles. The fourth-order valence-corrected chi connectivity index (χ4v) is 4.57. The van der Waals surface area contributed by atoms with E-state index in [1.54, 1.807) is 6.20 Å². The lowest BCUT2D eigenvalue weighted by Crippen LogP contribution is -2.52. The maximum atomic E-state index is 12.6. The van der Waals surface area contributed by atoms with Crippen molar-refractivity contribution >= 4 is 17.3 Å². The number of nitrogens with one attached hydrogen (secondary N) is 2. The Balaban J connectivity index is 1.15. The number of anilines is 2. The summed E-state index contributed by atoms with van der Waals surface area (Å²) < 4.78 is 2.07. The lowest BCUT2D eigenvalue weighted by molar-refractivity contribution is -0.120. The smallest absolute Gasteiger partial charge is 0.231 e. The summed E-state index contributed by atoms with van der Waals surface area (Å²) in [5.41, 5.74) is 4.41. The van der Waals surface area contributed by atoms with Gasteiger partial charge in [0.15, 0.2) is 0 Å². The highest BCUT2D eigenvalue weighted by Gasteiger charge is 2.33. The zero-order chi connectivity index (χ0) is 22.0. The summed E-state index contributed by atoms with van der Waals surface area (Å²) in [6.45, 7) is 6.92. The fourth-order valence-electron chi connectivity index (χ4n) is 4.57. The maximum absolute atomic E-state index is 12.6. The second-order valence-corrected chi connectivity index (χ2v) is 9.37. The molecular weight excluding hydrogens is 400 g/mol. The summed E-state index contributed by atoms with van der Waals surface area (Å²) in [5, 5.41) is 11.1. The van der Waals surface area contributed by atoms with Crippen LogP contribution in [0.1, 0.15) is 19.8 Å². The van der Waals surface area contributed by atoms with Gasteiger partial charge in [-0.3, -0.25) is 14.5 Å². The third-order valence-electron chi connectivity index (χ3n) is 6.74. The molecule has 1 amide bonds. The number of aromatic nitrogens is 3. The Morgan fingerprint density at radius 1 is 1.12 bits per heavy atom. The highest BCUT2D eigenvalue weighted by molar-refractivity contribution is 5.94. The van der Waals surface area contributed by atoms with Crippen LogP contribution >= 0.6 is 0 Å². The van der Waals surface area contributed by atoms with Gasteiger partial charge in [-0.05, 0) is 61.2 Å². The maximum Gasteiger partial charge on any atom is 0.231 e. The molecule has 2 N–H and O–H groups in total. The second-order valence-electron chi connectivity index (χ2n) is 9.37. The van der Waals surface area contributed by atoms with Crippen molar-refractivity contribution in [2.45, 2.75) is 26.3 Å². The van der Waals surface area contributed by atoms with Crippen LogP contribution in [0, 0.1) is 11.3 Å². The summed E-state index contributed by atoms with van der Waals surface area (Å²) >= 11 is 0. The Kier molecular flexibility index (Phi) is 5.66. The van der Waals surface area contributed by atoms with Crippen LogP contribution < -0.4 is 15.5 Å². The first kappa shape index (κ1) is 20.7. The van der Waals surface area contributed by atoms with Gasteiger partial charge in [-0.2, -0.15) is 5.10 Å². The van der Waals surface area contributed by atoms with Crippen LogP contribution in [-0.4, -0.2) is 46.9 Å². The Labute approximate surface area is 188 Å². The molecule has 1 aromatic carbocycles. The van der Waals surface area contributed by atoms with Crippen molar-refractivity contribution in [3.05, 3.63) is 61.2 Å². The molecule has 5 rings (SSSR count). The third-order valence-corrected chi connectivity index (χ3v) is 6.74. The first-order valence-corrected chi connectivity index (χ1v) is 11.4. The molecule has 0 unspecified atom stereocenters. The van der Waals surface area contributed by atoms with Crippen molar-refractivity contribution in [1.82, 2.24) is 20.1 Å². The number of benzene rings is 1. The van der Waals surface area contributed by atoms with E-state index in [2.05, 4.69) is 43.4 Å². The number of carbonyl (C=O) groups is 1. The van der Waals surface area contributed by atoms with Gasteiger partial charge in [0.2, 0.25) is 5.91 Å². The van der Waals surface area contributed by atoms with Crippen LogP contribution in [0.15, 0.2) is 61.2 Å². The molecule has 0 radical (unpaired) electrons. The van der Waals surface area contributed by atoms with E-state index >= 15 is 0 Å². The van der Waals surface area contributed by atoms with E-state index in [0.717, 1.165) is 55.2 Å². The van der Waals surface area contributed by atoms with Gasteiger partial charge < -0.3 is 15.5 Å². The first-order valence-electron chi connectivity index (χ1n) is 11.4. The van der Waals surface area contributed by atoms with E-state index in [1.807, 2.05) is 48.8 Å². The van der Waals surface area contributed by atoms with Gasteiger partial charge in [0.05, 0.1) is 24.0 Å². The molecule has 0 saturated carbocycles. The van der Waals surface area contributed by atoms with Crippen molar-refractivity contribution in [3.63, 3.8) is 0 Å². The number of amides is 1. The zero-order valence-electron chi connectivity index (χ0n) is 18.5. The molecule has 0 bridgehead atoms. The zero-order valence-corrected chi connectivity index (χ0v) is 18.5. The SMILES string of the molecule is CC1(Cn2cc(-c3ccc(NC(=O)C4CN(c5cccnc5)C4)cc3)cn2)CCNCC1. The molecule has 166 valence electrons. The van der Waals surface area contributed by atoms with Crippen molar-refractivity contribution in [1.29, 1.82) is 0 Å². The Bertz CT molecular complexity index is 1050. The minimum Gasteiger partial charge on any atom is -0.369 e. The molecule has 0 spiro atoms. The topological polar surface area (TPSA) is 75.1 Å². The van der Waals surface area contributed by atoms with Crippen LogP contribution in [0.2, 0.25) is 0 Å². The molecule has 7 heteroatoms. The van der Waals surface area contributed by atoms with E-state index in [4.69, 9.17) is 0 Å². The Hall–Kier alpha value is -3.19. The number of nitrogens with zero attached hydrogens (tertiary/aromatic N) is 4. The van der Waals surface area contributed by atoms with E-state index in [-0.39, 0.29) is 11.8 Å². The van der Waals surface area contributed by atoms with E-state index in [0.29, 0.717) is 5.41 Å². The van der Waals surface area contributed by atoms with Gasteiger partial charge >= 0.3 is 0 Å². The summed E-state index contributed by atoms with van der Waals surface area (Å²) in [5.74, 6) is 0.0744. The second kappa shape index (κ2) is 8.74. The minimum atomic E-state index is 0.00414. The summed E-state index contributed by atoms with van der Waals surface area (Å²) in [6.07, 6.45) is 10.0. The summed E-state index contributed by atoms with van der Waals surface area (Å²) in [6, 6.07) is 12.0. The number of rotatable bonds is 6. The summed E-state index contributed by atoms with van der Waals surface area (Å²) in [7, 11) is 0.